The van der Waals surface area contributed by atoms with Crippen LogP contribution in [0.3, 0.4) is 0 Å². The van der Waals surface area contributed by atoms with Crippen molar-refractivity contribution in [2.45, 2.75) is 58.9 Å². The zero-order valence-corrected chi connectivity index (χ0v) is 23.1. The summed E-state index contributed by atoms with van der Waals surface area (Å²) < 4.78 is 42.5. The molecule has 0 aliphatic rings. The fraction of sp³-hybridized carbons (Fsp3) is 0.480. The van der Waals surface area contributed by atoms with E-state index in [0.717, 1.165) is 30.0 Å². The van der Waals surface area contributed by atoms with Crippen LogP contribution in [0, 0.1) is 0 Å². The van der Waals surface area contributed by atoms with Gasteiger partial charge < -0.3 is 20.5 Å². The van der Waals surface area contributed by atoms with Gasteiger partial charge in [-0.25, -0.2) is 0 Å². The summed E-state index contributed by atoms with van der Waals surface area (Å²) in [5.41, 5.74) is 0.528. The Balaban J connectivity index is 0.00000242. The number of hydrogen-bond acceptors (Lipinski definition) is 8. The van der Waals surface area contributed by atoms with Gasteiger partial charge >= 0.3 is 6.36 Å². The first kappa shape index (κ1) is 33.6. The summed E-state index contributed by atoms with van der Waals surface area (Å²) >= 11 is 1.20. The minimum atomic E-state index is -4.81. The van der Waals surface area contributed by atoms with Gasteiger partial charge in [-0.1, -0.05) is 56.0 Å². The van der Waals surface area contributed by atoms with E-state index in [1.807, 2.05) is 0 Å². The first-order chi connectivity index (χ1) is 18.5. The molecular formula is C25H35F3N6O4S. The molecule has 216 valence electrons. The lowest BCUT2D eigenvalue weighted by Gasteiger charge is -2.11. The zero-order valence-electron chi connectivity index (χ0n) is 22.3. The Morgan fingerprint density at radius 2 is 1.97 bits per heavy atom. The highest BCUT2D eigenvalue weighted by atomic mass is 32.2. The normalized spacial score (nSPS) is 11.3. The highest BCUT2D eigenvalue weighted by Gasteiger charge is 2.31. The number of amides is 2. The molecule has 0 unspecified atom stereocenters. The van der Waals surface area contributed by atoms with E-state index in [-0.39, 0.29) is 25.3 Å². The Morgan fingerprint density at radius 1 is 1.26 bits per heavy atom. The summed E-state index contributed by atoms with van der Waals surface area (Å²) in [4.78, 5) is 28.3. The molecule has 14 heteroatoms. The fourth-order valence-electron chi connectivity index (χ4n) is 2.94. The number of alkyl halides is 3. The predicted octanol–water partition coefficient (Wildman–Crippen LogP) is 4.08. The summed E-state index contributed by atoms with van der Waals surface area (Å²) in [6.45, 7) is 8.57. The fourth-order valence-corrected chi connectivity index (χ4v) is 3.72. The maximum atomic E-state index is 12.4. The third-order valence-electron chi connectivity index (χ3n) is 4.46. The number of nitrogens with one attached hydrogen (secondary N) is 2. The molecule has 1 aromatic carbocycles. The number of aromatic nitrogens is 3. The maximum Gasteiger partial charge on any atom is 0.573 e. The van der Waals surface area contributed by atoms with Crippen LogP contribution in [0.4, 0.5) is 13.2 Å². The number of thioether (sulfide) groups is 1. The van der Waals surface area contributed by atoms with Gasteiger partial charge in [-0.15, -0.1) is 18.3 Å². The molecule has 2 aromatic rings. The van der Waals surface area contributed by atoms with Crippen molar-refractivity contribution in [3.63, 3.8) is 0 Å². The van der Waals surface area contributed by atoms with Crippen molar-refractivity contribution in [3.8, 4) is 5.75 Å². The quantitative estimate of drug-likeness (QED) is 0.187. The first-order valence-corrected chi connectivity index (χ1v) is 13.1. The second-order valence-electron chi connectivity index (χ2n) is 8.07. The predicted molar refractivity (Wildman–Crippen MR) is 144 cm³/mol. The van der Waals surface area contributed by atoms with Gasteiger partial charge in [0.05, 0.1) is 29.3 Å². The molecule has 0 saturated carbocycles. The van der Waals surface area contributed by atoms with Crippen LogP contribution in [0.25, 0.3) is 0 Å². The minimum absolute atomic E-state index is 0.137. The van der Waals surface area contributed by atoms with Crippen LogP contribution in [0.5, 0.6) is 5.75 Å². The molecule has 0 aliphatic heterocycles. The number of halogens is 3. The third kappa shape index (κ3) is 15.0. The van der Waals surface area contributed by atoms with Gasteiger partial charge in [0.15, 0.2) is 5.69 Å². The molecule has 2 amide bonds. The summed E-state index contributed by atoms with van der Waals surface area (Å²) in [6, 6.07) is 5.21. The molecule has 1 heterocycles. The summed E-state index contributed by atoms with van der Waals surface area (Å²) in [5, 5.41) is 22.6. The molecule has 0 saturated heterocycles. The number of aliphatic imine (C=N–C) groups is 1. The van der Waals surface area contributed by atoms with Crippen molar-refractivity contribution in [2.75, 3.05) is 20.2 Å². The molecular weight excluding hydrogens is 537 g/mol. The number of carbonyl (C=O) groups is 2. The Morgan fingerprint density at radius 3 is 2.62 bits per heavy atom. The van der Waals surface area contributed by atoms with Crippen LogP contribution in [0.2, 0.25) is 0 Å². The van der Waals surface area contributed by atoms with E-state index < -0.39 is 23.9 Å². The van der Waals surface area contributed by atoms with Gasteiger partial charge in [-0.3, -0.25) is 19.3 Å². The van der Waals surface area contributed by atoms with Gasteiger partial charge in [0.1, 0.15) is 5.75 Å². The second-order valence-corrected chi connectivity index (χ2v) is 9.24. The molecule has 0 atom stereocenters. The Labute approximate surface area is 230 Å². The van der Waals surface area contributed by atoms with Crippen LogP contribution < -0.4 is 15.4 Å². The van der Waals surface area contributed by atoms with E-state index >= 15 is 0 Å². The van der Waals surface area contributed by atoms with Crippen LogP contribution >= 0.6 is 11.8 Å². The number of hydrogen-bond donors (Lipinski definition) is 3. The van der Waals surface area contributed by atoms with Crippen molar-refractivity contribution in [3.05, 3.63) is 53.3 Å². The lowest BCUT2D eigenvalue weighted by atomic mass is 10.1. The molecule has 0 radical (unpaired) electrons. The SMILES string of the molecule is C=C(NC(=O)Cc1cccc(OC(F)(F)F)c1)SC(CCCCn1cc(C(=O)NCCO)nn1)=NC.CCC. The number of benzene rings is 1. The number of carbonyl (C=O) groups excluding carboxylic acids is 2. The number of aliphatic hydroxyl groups excluding tert-OH is 1. The van der Waals surface area contributed by atoms with E-state index in [9.17, 15) is 22.8 Å². The molecule has 2 rings (SSSR count). The molecule has 0 aliphatic carbocycles. The van der Waals surface area contributed by atoms with E-state index in [0.29, 0.717) is 23.6 Å². The highest BCUT2D eigenvalue weighted by Crippen LogP contribution is 2.24. The van der Waals surface area contributed by atoms with Crippen molar-refractivity contribution in [2.24, 2.45) is 4.99 Å². The molecule has 3 N–H and O–H groups in total. The molecule has 39 heavy (non-hydrogen) atoms. The van der Waals surface area contributed by atoms with Crippen molar-refractivity contribution in [1.29, 1.82) is 0 Å². The van der Waals surface area contributed by atoms with Gasteiger partial charge in [-0.05, 0) is 37.0 Å². The molecule has 0 bridgehead atoms. The average Bonchev–Trinajstić information content (AvgIpc) is 3.33. The Bertz CT molecular complexity index is 1090. The Hall–Kier alpha value is -3.39. The highest BCUT2D eigenvalue weighted by molar-refractivity contribution is 8.17. The zero-order chi connectivity index (χ0) is 29.3. The standard InChI is InChI=1S/C22H27F3N6O4S.C3H8/c1-15(28-19(33)13-16-6-5-7-17(12-16)35-22(23,24)25)36-20(26-2)8-3-4-10-31-14-18(29-30-31)21(34)27-9-11-32;1-3-2/h5-7,12,14,32H,1,3-4,8-11,13H2,2H3,(H,27,34)(H,28,33);3H2,1-2H3. The number of ether oxygens (including phenoxy) is 1. The summed E-state index contributed by atoms with van der Waals surface area (Å²) in [7, 11) is 1.62. The second kappa shape index (κ2) is 18.0. The van der Waals surface area contributed by atoms with Crippen molar-refractivity contribution < 1.29 is 32.6 Å². The lowest BCUT2D eigenvalue weighted by molar-refractivity contribution is -0.274. The van der Waals surface area contributed by atoms with Gasteiger partial charge in [0, 0.05) is 20.1 Å². The smallest absolute Gasteiger partial charge is 0.406 e. The lowest BCUT2D eigenvalue weighted by Crippen LogP contribution is -2.26. The monoisotopic (exact) mass is 572 g/mol. The van der Waals surface area contributed by atoms with E-state index in [2.05, 4.69) is 51.1 Å². The maximum absolute atomic E-state index is 12.4. The van der Waals surface area contributed by atoms with Crippen molar-refractivity contribution in [1.82, 2.24) is 25.6 Å². The number of nitrogens with zero attached hydrogens (tertiary/aromatic N) is 4. The van der Waals surface area contributed by atoms with Crippen LogP contribution in [-0.2, 0) is 17.8 Å². The van der Waals surface area contributed by atoms with E-state index in [1.54, 1.807) is 11.7 Å². The minimum Gasteiger partial charge on any atom is -0.406 e. The largest absolute Gasteiger partial charge is 0.573 e. The summed E-state index contributed by atoms with van der Waals surface area (Å²) in [5.74, 6) is -1.24. The number of unbranched alkanes of at least 4 members (excludes halogenated alkanes) is 1. The molecule has 10 nitrogen and oxygen atoms in total. The van der Waals surface area contributed by atoms with Crippen LogP contribution in [0.1, 0.15) is 55.6 Å². The molecule has 1 aromatic heterocycles. The number of aliphatic hydroxyl groups is 1. The van der Waals surface area contributed by atoms with Gasteiger partial charge in [-0.2, -0.15) is 0 Å². The number of rotatable bonds is 13. The van der Waals surface area contributed by atoms with Crippen LogP contribution in [0.15, 0.2) is 47.1 Å². The topological polar surface area (TPSA) is 131 Å². The van der Waals surface area contributed by atoms with Gasteiger partial charge in [0.2, 0.25) is 5.91 Å². The molecule has 0 fully saturated rings. The average molecular weight is 573 g/mol. The van der Waals surface area contributed by atoms with E-state index in [1.165, 1.54) is 36.5 Å². The van der Waals surface area contributed by atoms with E-state index in [4.69, 9.17) is 5.11 Å². The third-order valence-corrected chi connectivity index (χ3v) is 5.43. The first-order valence-electron chi connectivity index (χ1n) is 12.3. The van der Waals surface area contributed by atoms with Gasteiger partial charge in [0.25, 0.3) is 5.91 Å². The number of aryl methyl sites for hydroxylation is 1. The van der Waals surface area contributed by atoms with Crippen molar-refractivity contribution >= 4 is 28.6 Å². The van der Waals surface area contributed by atoms with Crippen LogP contribution in [-0.4, -0.2) is 63.5 Å². The molecule has 0 spiro atoms. The Kier molecular flexibility index (Phi) is 15.5. The summed E-state index contributed by atoms with van der Waals surface area (Å²) in [6.07, 6.45) is -0.0825.